The molecule has 0 saturated carbocycles. The van der Waals surface area contributed by atoms with E-state index in [9.17, 15) is 0 Å². The molecule has 130 valence electrons. The van der Waals surface area contributed by atoms with Crippen molar-refractivity contribution in [1.29, 1.82) is 0 Å². The van der Waals surface area contributed by atoms with Gasteiger partial charge >= 0.3 is 0 Å². The monoisotopic (exact) mass is 346 g/mol. The molecule has 0 fully saturated rings. The number of rotatable bonds is 5. The summed E-state index contributed by atoms with van der Waals surface area (Å²) >= 11 is 0. The van der Waals surface area contributed by atoms with E-state index in [1.165, 1.54) is 0 Å². The number of benzene rings is 3. The van der Waals surface area contributed by atoms with E-state index in [2.05, 4.69) is 0 Å². The Morgan fingerprint density at radius 1 is 0.885 bits per heavy atom. The highest BCUT2D eigenvalue weighted by Gasteiger charge is 2.17. The van der Waals surface area contributed by atoms with Crippen LogP contribution in [0.1, 0.15) is 5.56 Å². The predicted octanol–water partition coefficient (Wildman–Crippen LogP) is 4.60. The number of anilines is 2. The summed E-state index contributed by atoms with van der Waals surface area (Å²) < 4.78 is 16.3. The minimum atomic E-state index is 0.221. The molecule has 0 bridgehead atoms. The fraction of sp³-hybridized carbons (Fsp3) is 0.0952. The van der Waals surface area contributed by atoms with E-state index in [1.807, 2.05) is 77.8 Å². The molecule has 5 nitrogen and oxygen atoms in total. The fourth-order valence-electron chi connectivity index (χ4n) is 2.76. The van der Waals surface area contributed by atoms with Crippen LogP contribution in [0, 0.1) is 0 Å². The molecule has 0 saturated heterocycles. The Balaban J connectivity index is 1.72. The van der Waals surface area contributed by atoms with Gasteiger partial charge in [-0.25, -0.2) is 5.01 Å². The number of methoxy groups -OCH3 is 1. The maximum atomic E-state index is 5.47. The summed E-state index contributed by atoms with van der Waals surface area (Å²) in [4.78, 5) is 0. The van der Waals surface area contributed by atoms with Crippen LogP contribution < -0.4 is 19.2 Å². The predicted molar refractivity (Wildman–Crippen MR) is 102 cm³/mol. The van der Waals surface area contributed by atoms with E-state index in [-0.39, 0.29) is 6.79 Å². The van der Waals surface area contributed by atoms with Crippen molar-refractivity contribution in [3.63, 3.8) is 0 Å². The van der Waals surface area contributed by atoms with Gasteiger partial charge in [-0.2, -0.15) is 5.10 Å². The maximum Gasteiger partial charge on any atom is 0.231 e. The Morgan fingerprint density at radius 3 is 2.04 bits per heavy atom. The second kappa shape index (κ2) is 7.19. The van der Waals surface area contributed by atoms with Crippen molar-refractivity contribution in [3.8, 4) is 17.2 Å². The fourth-order valence-corrected chi connectivity index (χ4v) is 2.76. The van der Waals surface area contributed by atoms with Crippen LogP contribution in [0.15, 0.2) is 77.9 Å². The molecule has 5 heteroatoms. The zero-order valence-electron chi connectivity index (χ0n) is 14.3. The van der Waals surface area contributed by atoms with Crippen LogP contribution >= 0.6 is 0 Å². The average molecular weight is 346 g/mol. The van der Waals surface area contributed by atoms with Gasteiger partial charge in [0.25, 0.3) is 0 Å². The second-order valence-corrected chi connectivity index (χ2v) is 5.67. The number of nitrogens with zero attached hydrogens (tertiary/aromatic N) is 2. The summed E-state index contributed by atoms with van der Waals surface area (Å²) in [7, 11) is 1.63. The molecule has 0 aromatic heterocycles. The van der Waals surface area contributed by atoms with Gasteiger partial charge in [-0.3, -0.25) is 0 Å². The highest BCUT2D eigenvalue weighted by molar-refractivity contribution is 5.86. The van der Waals surface area contributed by atoms with Crippen LogP contribution in [0.25, 0.3) is 0 Å². The third-order valence-corrected chi connectivity index (χ3v) is 4.04. The van der Waals surface area contributed by atoms with Gasteiger partial charge in [-0.15, -0.1) is 0 Å². The van der Waals surface area contributed by atoms with Gasteiger partial charge in [0.05, 0.1) is 24.7 Å². The Labute approximate surface area is 152 Å². The van der Waals surface area contributed by atoms with Gasteiger partial charge in [-0.05, 0) is 30.3 Å². The lowest BCUT2D eigenvalue weighted by molar-refractivity contribution is 0.174. The van der Waals surface area contributed by atoms with Crippen LogP contribution in [0.5, 0.6) is 17.2 Å². The molecule has 0 amide bonds. The van der Waals surface area contributed by atoms with Gasteiger partial charge in [0.1, 0.15) is 5.75 Å². The molecule has 26 heavy (non-hydrogen) atoms. The summed E-state index contributed by atoms with van der Waals surface area (Å²) in [5.74, 6) is 2.05. The zero-order chi connectivity index (χ0) is 17.8. The van der Waals surface area contributed by atoms with Gasteiger partial charge in [0, 0.05) is 11.6 Å². The van der Waals surface area contributed by atoms with Crippen LogP contribution in [0.3, 0.4) is 0 Å². The molecule has 1 heterocycles. The minimum absolute atomic E-state index is 0.221. The van der Waals surface area contributed by atoms with E-state index in [4.69, 9.17) is 19.3 Å². The van der Waals surface area contributed by atoms with Crippen molar-refractivity contribution in [2.45, 2.75) is 0 Å². The summed E-state index contributed by atoms with van der Waals surface area (Å²) in [5.41, 5.74) is 2.75. The van der Waals surface area contributed by atoms with Crippen molar-refractivity contribution in [2.75, 3.05) is 18.9 Å². The molecule has 0 spiro atoms. The van der Waals surface area contributed by atoms with E-state index < -0.39 is 0 Å². The second-order valence-electron chi connectivity index (χ2n) is 5.67. The Morgan fingerprint density at radius 2 is 1.46 bits per heavy atom. The van der Waals surface area contributed by atoms with E-state index in [0.717, 1.165) is 16.9 Å². The molecule has 0 atom stereocenters. The lowest BCUT2D eigenvalue weighted by Crippen LogP contribution is -2.09. The van der Waals surface area contributed by atoms with E-state index in [1.54, 1.807) is 13.3 Å². The SMILES string of the molecule is COc1cc2c(cc1/C=N\N(c1ccccc1)c1ccccc1)OCO2. The van der Waals surface area contributed by atoms with Crippen molar-refractivity contribution in [2.24, 2.45) is 5.10 Å². The molecule has 4 rings (SSSR count). The normalized spacial score (nSPS) is 12.3. The summed E-state index contributed by atoms with van der Waals surface area (Å²) in [6.45, 7) is 0.221. The molecule has 0 aliphatic carbocycles. The van der Waals surface area contributed by atoms with Gasteiger partial charge in [-0.1, -0.05) is 36.4 Å². The Kier molecular flexibility index (Phi) is 4.43. The third kappa shape index (κ3) is 3.19. The number of fused-ring (bicyclic) bond motifs is 1. The number of hydrazone groups is 1. The van der Waals surface area contributed by atoms with Crippen molar-refractivity contribution < 1.29 is 14.2 Å². The molecule has 0 N–H and O–H groups in total. The lowest BCUT2D eigenvalue weighted by Gasteiger charge is -2.19. The first-order chi connectivity index (χ1) is 12.8. The van der Waals surface area contributed by atoms with Gasteiger partial charge < -0.3 is 14.2 Å². The largest absolute Gasteiger partial charge is 0.496 e. The Hall–Kier alpha value is -3.47. The number of hydrogen-bond acceptors (Lipinski definition) is 5. The van der Waals surface area contributed by atoms with Crippen molar-refractivity contribution >= 4 is 17.6 Å². The van der Waals surface area contributed by atoms with Crippen molar-refractivity contribution in [1.82, 2.24) is 0 Å². The molecular weight excluding hydrogens is 328 g/mol. The van der Waals surface area contributed by atoms with Crippen LogP contribution in [-0.2, 0) is 0 Å². The molecule has 1 aliphatic heterocycles. The first kappa shape index (κ1) is 16.0. The van der Waals surface area contributed by atoms with Gasteiger partial charge in [0.15, 0.2) is 11.5 Å². The van der Waals surface area contributed by atoms with Crippen LogP contribution in [0.2, 0.25) is 0 Å². The third-order valence-electron chi connectivity index (χ3n) is 4.04. The molecule has 3 aromatic carbocycles. The summed E-state index contributed by atoms with van der Waals surface area (Å²) in [6, 6.07) is 23.7. The number of hydrogen-bond donors (Lipinski definition) is 0. The van der Waals surface area contributed by atoms with Gasteiger partial charge in [0.2, 0.25) is 6.79 Å². The first-order valence-electron chi connectivity index (χ1n) is 8.27. The lowest BCUT2D eigenvalue weighted by atomic mass is 10.2. The topological polar surface area (TPSA) is 43.3 Å². The molecule has 3 aromatic rings. The standard InChI is InChI=1S/C21H18N2O3/c1-24-19-13-21-20(25-15-26-21)12-16(19)14-22-23(17-8-4-2-5-9-17)18-10-6-3-7-11-18/h2-14H,15H2,1H3/b22-14-. The quantitative estimate of drug-likeness (QED) is 0.500. The summed E-state index contributed by atoms with van der Waals surface area (Å²) in [6.07, 6.45) is 1.76. The maximum absolute atomic E-state index is 5.47. The smallest absolute Gasteiger partial charge is 0.231 e. The Bertz CT molecular complexity index is 872. The minimum Gasteiger partial charge on any atom is -0.496 e. The van der Waals surface area contributed by atoms with E-state index in [0.29, 0.717) is 17.2 Å². The molecular formula is C21H18N2O3. The molecule has 0 unspecified atom stereocenters. The van der Waals surface area contributed by atoms with E-state index >= 15 is 0 Å². The van der Waals surface area contributed by atoms with Crippen molar-refractivity contribution in [3.05, 3.63) is 78.4 Å². The highest BCUT2D eigenvalue weighted by atomic mass is 16.7. The molecule has 1 aliphatic rings. The average Bonchev–Trinajstić information content (AvgIpc) is 3.16. The molecule has 0 radical (unpaired) electrons. The summed E-state index contributed by atoms with van der Waals surface area (Å²) in [5, 5.41) is 6.58. The first-order valence-corrected chi connectivity index (χ1v) is 8.27. The zero-order valence-corrected chi connectivity index (χ0v) is 14.3. The highest BCUT2D eigenvalue weighted by Crippen LogP contribution is 2.37. The number of ether oxygens (including phenoxy) is 3. The van der Waals surface area contributed by atoms with Crippen LogP contribution in [-0.4, -0.2) is 20.1 Å². The van der Waals surface area contributed by atoms with Crippen LogP contribution in [0.4, 0.5) is 11.4 Å². The number of para-hydroxylation sites is 2.